The van der Waals surface area contributed by atoms with E-state index in [1.807, 2.05) is 6.92 Å². The molecule has 0 atom stereocenters. The monoisotopic (exact) mass is 428 g/mol. The second-order valence-corrected chi connectivity index (χ2v) is 7.54. The van der Waals surface area contributed by atoms with Crippen LogP contribution in [0.2, 0.25) is 0 Å². The molecule has 2 aromatic carbocycles. The lowest BCUT2D eigenvalue weighted by Crippen LogP contribution is -2.14. The highest BCUT2D eigenvalue weighted by molar-refractivity contribution is 7.15. The third-order valence-corrected chi connectivity index (χ3v) is 5.43. The summed E-state index contributed by atoms with van der Waals surface area (Å²) in [4.78, 5) is 28.5. The van der Waals surface area contributed by atoms with Gasteiger partial charge in [0.05, 0.1) is 0 Å². The maximum absolute atomic E-state index is 14.4. The number of rotatable bonds is 4. The number of benzene rings is 2. The first-order valence-corrected chi connectivity index (χ1v) is 9.62. The van der Waals surface area contributed by atoms with E-state index in [-0.39, 0.29) is 33.1 Å². The van der Waals surface area contributed by atoms with Crippen LogP contribution in [-0.4, -0.2) is 22.0 Å². The molecule has 152 valence electrons. The van der Waals surface area contributed by atoms with Crippen molar-refractivity contribution in [3.8, 4) is 11.1 Å². The molecule has 0 aliphatic rings. The summed E-state index contributed by atoms with van der Waals surface area (Å²) in [6.45, 7) is 3.27. The van der Waals surface area contributed by atoms with Gasteiger partial charge in [-0.05, 0) is 37.1 Å². The standard InChI is InChI=1S/C21H14F2N2O4S/c1-9-3-6-14-13(7-9)24-19(29-14)18(26)25-20-15(21(27)28)12(8-30-20)11-5-4-10(2)16(22)17(11)23/h3-8H,1-2H3,(H,25,26)(H,27,28). The van der Waals surface area contributed by atoms with Crippen LogP contribution in [0.25, 0.3) is 22.2 Å². The van der Waals surface area contributed by atoms with Crippen molar-refractivity contribution < 1.29 is 27.9 Å². The van der Waals surface area contributed by atoms with Gasteiger partial charge in [0.15, 0.2) is 17.2 Å². The van der Waals surface area contributed by atoms with E-state index in [1.54, 1.807) is 18.2 Å². The molecule has 0 unspecified atom stereocenters. The van der Waals surface area contributed by atoms with Crippen molar-refractivity contribution in [1.29, 1.82) is 0 Å². The SMILES string of the molecule is Cc1ccc2oc(C(=O)Nc3scc(-c4ccc(C)c(F)c4F)c3C(=O)O)nc2c1. The summed E-state index contributed by atoms with van der Waals surface area (Å²) >= 11 is 0.879. The van der Waals surface area contributed by atoms with Crippen LogP contribution in [0.5, 0.6) is 0 Å². The Morgan fingerprint density at radius 2 is 1.87 bits per heavy atom. The zero-order valence-corrected chi connectivity index (χ0v) is 16.6. The molecule has 0 fully saturated rings. The van der Waals surface area contributed by atoms with Gasteiger partial charge in [-0.25, -0.2) is 18.6 Å². The van der Waals surface area contributed by atoms with Gasteiger partial charge < -0.3 is 14.8 Å². The molecule has 0 spiro atoms. The zero-order valence-electron chi connectivity index (χ0n) is 15.7. The number of anilines is 1. The van der Waals surface area contributed by atoms with Crippen LogP contribution in [-0.2, 0) is 0 Å². The number of fused-ring (bicyclic) bond motifs is 1. The second kappa shape index (κ2) is 7.34. The number of nitrogens with zero attached hydrogens (tertiary/aromatic N) is 1. The lowest BCUT2D eigenvalue weighted by molar-refractivity contribution is 0.0699. The Kier molecular flexibility index (Phi) is 4.83. The second-order valence-electron chi connectivity index (χ2n) is 6.66. The molecule has 0 aliphatic carbocycles. The molecule has 2 aromatic heterocycles. The maximum Gasteiger partial charge on any atom is 0.339 e. The fourth-order valence-electron chi connectivity index (χ4n) is 3.01. The summed E-state index contributed by atoms with van der Waals surface area (Å²) in [7, 11) is 0. The molecule has 0 radical (unpaired) electrons. The highest BCUT2D eigenvalue weighted by Crippen LogP contribution is 2.38. The Labute approximate surface area is 172 Å². The summed E-state index contributed by atoms with van der Waals surface area (Å²) in [5, 5.41) is 13.4. The predicted octanol–water partition coefficient (Wildman–Crippen LogP) is 5.40. The maximum atomic E-state index is 14.4. The van der Waals surface area contributed by atoms with Gasteiger partial charge in [-0.1, -0.05) is 18.2 Å². The van der Waals surface area contributed by atoms with Crippen molar-refractivity contribution in [1.82, 2.24) is 4.98 Å². The van der Waals surface area contributed by atoms with Crippen molar-refractivity contribution in [2.45, 2.75) is 13.8 Å². The number of carboxylic acid groups (broad SMARTS) is 1. The van der Waals surface area contributed by atoms with E-state index in [0.717, 1.165) is 16.9 Å². The minimum absolute atomic E-state index is 0.0348. The van der Waals surface area contributed by atoms with Crippen LogP contribution >= 0.6 is 11.3 Å². The lowest BCUT2D eigenvalue weighted by atomic mass is 10.0. The molecule has 6 nitrogen and oxygen atoms in total. The molecule has 4 aromatic rings. The Morgan fingerprint density at radius 3 is 2.60 bits per heavy atom. The van der Waals surface area contributed by atoms with Gasteiger partial charge in [0.2, 0.25) is 0 Å². The molecule has 0 saturated heterocycles. The van der Waals surface area contributed by atoms with Crippen molar-refractivity contribution in [2.24, 2.45) is 0 Å². The first-order chi connectivity index (χ1) is 14.3. The van der Waals surface area contributed by atoms with Gasteiger partial charge in [-0.2, -0.15) is 0 Å². The quantitative estimate of drug-likeness (QED) is 0.454. The largest absolute Gasteiger partial charge is 0.478 e. The Hall–Kier alpha value is -3.59. The number of carbonyl (C=O) groups excluding carboxylic acids is 1. The van der Waals surface area contributed by atoms with Crippen molar-refractivity contribution in [2.75, 3.05) is 5.32 Å². The van der Waals surface area contributed by atoms with Crippen LogP contribution in [0.3, 0.4) is 0 Å². The van der Waals surface area contributed by atoms with Crippen LogP contribution in [0, 0.1) is 25.5 Å². The number of hydrogen-bond acceptors (Lipinski definition) is 5. The Bertz CT molecular complexity index is 1330. The number of carbonyl (C=O) groups is 2. The van der Waals surface area contributed by atoms with Gasteiger partial charge in [-0.15, -0.1) is 11.3 Å². The van der Waals surface area contributed by atoms with Crippen LogP contribution in [0.1, 0.15) is 32.2 Å². The van der Waals surface area contributed by atoms with Gasteiger partial charge in [0.25, 0.3) is 5.89 Å². The number of amides is 1. The van der Waals surface area contributed by atoms with E-state index < -0.39 is 23.5 Å². The summed E-state index contributed by atoms with van der Waals surface area (Å²) in [5.41, 5.74) is 1.35. The van der Waals surface area contributed by atoms with Gasteiger partial charge in [0.1, 0.15) is 16.1 Å². The van der Waals surface area contributed by atoms with E-state index in [1.165, 1.54) is 24.4 Å². The number of halogens is 2. The topological polar surface area (TPSA) is 92.4 Å². The van der Waals surface area contributed by atoms with E-state index in [9.17, 15) is 23.5 Å². The number of aryl methyl sites for hydroxylation is 2. The average Bonchev–Trinajstić information content (AvgIpc) is 3.30. The number of carboxylic acids is 1. The Morgan fingerprint density at radius 1 is 1.10 bits per heavy atom. The number of oxazole rings is 1. The van der Waals surface area contributed by atoms with Gasteiger partial charge in [0, 0.05) is 16.5 Å². The highest BCUT2D eigenvalue weighted by atomic mass is 32.1. The number of aromatic nitrogens is 1. The number of hydrogen-bond donors (Lipinski definition) is 2. The molecule has 0 bridgehead atoms. The third kappa shape index (κ3) is 3.33. The zero-order chi connectivity index (χ0) is 21.6. The molecule has 30 heavy (non-hydrogen) atoms. The lowest BCUT2D eigenvalue weighted by Gasteiger charge is -2.07. The summed E-state index contributed by atoms with van der Waals surface area (Å²) < 4.78 is 33.8. The van der Waals surface area contributed by atoms with E-state index in [0.29, 0.717) is 11.1 Å². The fourth-order valence-corrected chi connectivity index (χ4v) is 3.95. The summed E-state index contributed by atoms with van der Waals surface area (Å²) in [5.74, 6) is -4.59. The van der Waals surface area contributed by atoms with Gasteiger partial charge >= 0.3 is 11.9 Å². The van der Waals surface area contributed by atoms with E-state index in [4.69, 9.17) is 4.42 Å². The normalized spacial score (nSPS) is 11.1. The minimum Gasteiger partial charge on any atom is -0.478 e. The Balaban J connectivity index is 1.72. The minimum atomic E-state index is -1.39. The molecule has 9 heteroatoms. The predicted molar refractivity (Wildman–Crippen MR) is 108 cm³/mol. The molecule has 4 rings (SSSR count). The molecule has 0 saturated carbocycles. The summed E-state index contributed by atoms with van der Waals surface area (Å²) in [6, 6.07) is 7.89. The van der Waals surface area contributed by atoms with Gasteiger partial charge in [-0.3, -0.25) is 4.79 Å². The molecule has 0 aliphatic heterocycles. The van der Waals surface area contributed by atoms with Crippen molar-refractivity contribution in [3.63, 3.8) is 0 Å². The fraction of sp³-hybridized carbons (Fsp3) is 0.0952. The molecular weight excluding hydrogens is 414 g/mol. The number of thiophene rings is 1. The van der Waals surface area contributed by atoms with Crippen molar-refractivity contribution in [3.05, 3.63) is 69.9 Å². The molecular formula is C21H14F2N2O4S. The van der Waals surface area contributed by atoms with E-state index >= 15 is 0 Å². The number of aromatic carboxylic acids is 1. The third-order valence-electron chi connectivity index (χ3n) is 4.53. The first-order valence-electron chi connectivity index (χ1n) is 8.74. The molecule has 2 heterocycles. The summed E-state index contributed by atoms with van der Waals surface area (Å²) in [6.07, 6.45) is 0. The molecule has 1 amide bonds. The van der Waals surface area contributed by atoms with Crippen molar-refractivity contribution >= 4 is 39.3 Å². The average molecular weight is 428 g/mol. The highest BCUT2D eigenvalue weighted by Gasteiger charge is 2.26. The van der Waals surface area contributed by atoms with Crippen LogP contribution < -0.4 is 5.32 Å². The van der Waals surface area contributed by atoms with Crippen LogP contribution in [0.15, 0.2) is 40.1 Å². The van der Waals surface area contributed by atoms with E-state index in [2.05, 4.69) is 10.3 Å². The number of nitrogens with one attached hydrogen (secondary N) is 1. The first kappa shape index (κ1) is 19.7. The smallest absolute Gasteiger partial charge is 0.339 e. The van der Waals surface area contributed by atoms with Crippen LogP contribution in [0.4, 0.5) is 13.8 Å². The molecule has 2 N–H and O–H groups in total.